The maximum atomic E-state index is 5.73. The summed E-state index contributed by atoms with van der Waals surface area (Å²) in [5.74, 6) is 0.746. The molecule has 1 aromatic carbocycles. The molecule has 1 atom stereocenters. The number of thiocarbonyl (C=S) groups is 1. The van der Waals surface area contributed by atoms with Gasteiger partial charge in [0.1, 0.15) is 16.8 Å². The van der Waals surface area contributed by atoms with Gasteiger partial charge in [-0.25, -0.2) is 0 Å². The Hall–Kier alpha value is -1.68. The van der Waals surface area contributed by atoms with Crippen LogP contribution in [0.5, 0.6) is 5.75 Å². The smallest absolute Gasteiger partial charge is 0.148 e. The Morgan fingerprint density at radius 2 is 2.29 bits per heavy atom. The molecule has 0 saturated heterocycles. The minimum Gasteiger partial charge on any atom is -0.483 e. The number of fused-ring (bicyclic) bond motifs is 1. The Morgan fingerprint density at radius 3 is 3.00 bits per heavy atom. The van der Waals surface area contributed by atoms with E-state index in [-0.39, 0.29) is 6.10 Å². The zero-order valence-corrected chi connectivity index (χ0v) is 10.4. The number of rotatable bonds is 4. The molecule has 0 fully saturated rings. The van der Waals surface area contributed by atoms with Crippen LogP contribution in [0.4, 0.5) is 0 Å². The zero-order valence-electron chi connectivity index (χ0n) is 9.59. The van der Waals surface area contributed by atoms with Crippen molar-refractivity contribution in [2.45, 2.75) is 19.4 Å². The molecule has 0 bridgehead atoms. The number of benzene rings is 1. The molecule has 4 heteroatoms. The number of hydrogen-bond acceptors (Lipinski definition) is 3. The molecule has 0 radical (unpaired) electrons. The van der Waals surface area contributed by atoms with Crippen LogP contribution in [0.3, 0.4) is 0 Å². The minimum absolute atomic E-state index is 0.217. The number of nitrogens with two attached hydrogens (primary N) is 1. The van der Waals surface area contributed by atoms with Gasteiger partial charge in [-0.2, -0.15) is 0 Å². The van der Waals surface area contributed by atoms with E-state index in [2.05, 4.69) is 4.98 Å². The second-order valence-corrected chi connectivity index (χ2v) is 4.25. The molecule has 3 nitrogen and oxygen atoms in total. The van der Waals surface area contributed by atoms with Gasteiger partial charge in [-0.15, -0.1) is 0 Å². The zero-order chi connectivity index (χ0) is 12.3. The van der Waals surface area contributed by atoms with Crippen molar-refractivity contribution in [2.24, 2.45) is 5.73 Å². The van der Waals surface area contributed by atoms with E-state index in [1.54, 1.807) is 6.20 Å². The van der Waals surface area contributed by atoms with Crippen LogP contribution in [-0.4, -0.2) is 16.1 Å². The van der Waals surface area contributed by atoms with Gasteiger partial charge in [0.2, 0.25) is 0 Å². The molecule has 0 saturated carbocycles. The van der Waals surface area contributed by atoms with Gasteiger partial charge >= 0.3 is 0 Å². The Kier molecular flexibility index (Phi) is 3.54. The van der Waals surface area contributed by atoms with Gasteiger partial charge in [-0.05, 0) is 24.6 Å². The van der Waals surface area contributed by atoms with Gasteiger partial charge in [0.05, 0.1) is 5.52 Å². The molecule has 17 heavy (non-hydrogen) atoms. The maximum absolute atomic E-state index is 5.73. The van der Waals surface area contributed by atoms with Crippen LogP contribution in [-0.2, 0) is 0 Å². The molecule has 2 N–H and O–H groups in total. The summed E-state index contributed by atoms with van der Waals surface area (Å²) >= 11 is 4.95. The average molecular weight is 246 g/mol. The van der Waals surface area contributed by atoms with Crippen molar-refractivity contribution in [2.75, 3.05) is 0 Å². The van der Waals surface area contributed by atoms with Gasteiger partial charge in [0.15, 0.2) is 0 Å². The molecular formula is C13H14N2OS. The molecule has 2 aromatic rings. The molecule has 0 spiro atoms. The summed E-state index contributed by atoms with van der Waals surface area (Å²) in [4.78, 5) is 4.66. The predicted octanol–water partition coefficient (Wildman–Crippen LogP) is 2.68. The summed E-state index contributed by atoms with van der Waals surface area (Å²) in [5, 5.41) is 1.09. The minimum atomic E-state index is -0.217. The largest absolute Gasteiger partial charge is 0.483 e. The summed E-state index contributed by atoms with van der Waals surface area (Å²) in [7, 11) is 0. The highest BCUT2D eigenvalue weighted by Gasteiger charge is 2.11. The molecule has 0 aliphatic heterocycles. The lowest BCUT2D eigenvalue weighted by atomic mass is 10.2. The number of pyridine rings is 1. The van der Waals surface area contributed by atoms with Crippen LogP contribution in [0.15, 0.2) is 36.5 Å². The van der Waals surface area contributed by atoms with E-state index in [1.807, 2.05) is 37.3 Å². The fourth-order valence-electron chi connectivity index (χ4n) is 1.63. The van der Waals surface area contributed by atoms with E-state index >= 15 is 0 Å². The highest BCUT2D eigenvalue weighted by Crippen LogP contribution is 2.20. The predicted molar refractivity (Wildman–Crippen MR) is 73.2 cm³/mol. The summed E-state index contributed by atoms with van der Waals surface area (Å²) in [5.41, 5.74) is 6.50. The number of aromatic nitrogens is 1. The molecule has 0 amide bonds. The molecule has 0 aliphatic rings. The van der Waals surface area contributed by atoms with Crippen molar-refractivity contribution < 1.29 is 4.74 Å². The van der Waals surface area contributed by atoms with E-state index in [9.17, 15) is 0 Å². The number of ether oxygens (including phenoxy) is 1. The normalized spacial score (nSPS) is 12.3. The van der Waals surface area contributed by atoms with Crippen LogP contribution >= 0.6 is 12.2 Å². The van der Waals surface area contributed by atoms with Crippen LogP contribution in [0.2, 0.25) is 0 Å². The van der Waals surface area contributed by atoms with Crippen LogP contribution in [0, 0.1) is 0 Å². The lowest BCUT2D eigenvalue weighted by Gasteiger charge is -2.16. The van der Waals surface area contributed by atoms with Crippen molar-refractivity contribution in [3.63, 3.8) is 0 Å². The quantitative estimate of drug-likeness (QED) is 0.843. The SMILES string of the molecule is CCC(Oc1ccc2cccnc2c1)C(N)=S. The summed E-state index contributed by atoms with van der Waals surface area (Å²) in [6.07, 6.45) is 2.30. The Morgan fingerprint density at radius 1 is 1.47 bits per heavy atom. The summed E-state index contributed by atoms with van der Waals surface area (Å²) in [6.45, 7) is 1.99. The molecular weight excluding hydrogens is 232 g/mol. The van der Waals surface area contributed by atoms with Gasteiger partial charge in [-0.1, -0.05) is 25.2 Å². The first kappa shape index (κ1) is 11.8. The lowest BCUT2D eigenvalue weighted by Crippen LogP contribution is -2.31. The molecule has 0 aliphatic carbocycles. The van der Waals surface area contributed by atoms with Gasteiger partial charge in [0.25, 0.3) is 0 Å². The second-order valence-electron chi connectivity index (χ2n) is 3.78. The van der Waals surface area contributed by atoms with E-state index < -0.39 is 0 Å². The number of hydrogen-bond donors (Lipinski definition) is 1. The summed E-state index contributed by atoms with van der Waals surface area (Å²) in [6, 6.07) is 9.70. The van der Waals surface area contributed by atoms with Crippen molar-refractivity contribution in [3.8, 4) is 5.75 Å². The lowest BCUT2D eigenvalue weighted by molar-refractivity contribution is 0.264. The van der Waals surface area contributed by atoms with Crippen LogP contribution in [0.1, 0.15) is 13.3 Å². The summed E-state index contributed by atoms with van der Waals surface area (Å²) < 4.78 is 5.73. The fourth-order valence-corrected chi connectivity index (χ4v) is 1.84. The van der Waals surface area contributed by atoms with Gasteiger partial charge in [-0.3, -0.25) is 4.98 Å². The van der Waals surface area contributed by atoms with Gasteiger partial charge in [0, 0.05) is 17.6 Å². The first-order chi connectivity index (χ1) is 8.20. The Bertz CT molecular complexity index is 542. The third kappa shape index (κ3) is 2.71. The highest BCUT2D eigenvalue weighted by atomic mass is 32.1. The molecule has 2 rings (SSSR count). The van der Waals surface area contributed by atoms with Crippen LogP contribution in [0.25, 0.3) is 10.9 Å². The van der Waals surface area contributed by atoms with E-state index in [0.29, 0.717) is 4.99 Å². The van der Waals surface area contributed by atoms with Crippen molar-refractivity contribution in [1.82, 2.24) is 4.98 Å². The van der Waals surface area contributed by atoms with Crippen molar-refractivity contribution in [1.29, 1.82) is 0 Å². The topological polar surface area (TPSA) is 48.1 Å². The van der Waals surface area contributed by atoms with E-state index in [0.717, 1.165) is 23.1 Å². The van der Waals surface area contributed by atoms with Gasteiger partial charge < -0.3 is 10.5 Å². The van der Waals surface area contributed by atoms with Crippen molar-refractivity contribution in [3.05, 3.63) is 36.5 Å². The average Bonchev–Trinajstić information content (AvgIpc) is 2.35. The second kappa shape index (κ2) is 5.10. The fraction of sp³-hybridized carbons (Fsp3) is 0.231. The first-order valence-electron chi connectivity index (χ1n) is 5.51. The third-order valence-electron chi connectivity index (χ3n) is 2.54. The molecule has 88 valence electrons. The molecule has 1 unspecified atom stereocenters. The highest BCUT2D eigenvalue weighted by molar-refractivity contribution is 7.80. The van der Waals surface area contributed by atoms with Crippen LogP contribution < -0.4 is 10.5 Å². The monoisotopic (exact) mass is 246 g/mol. The third-order valence-corrected chi connectivity index (χ3v) is 2.81. The first-order valence-corrected chi connectivity index (χ1v) is 5.92. The maximum Gasteiger partial charge on any atom is 0.148 e. The molecule has 1 heterocycles. The Labute approximate surface area is 106 Å². The van der Waals surface area contributed by atoms with E-state index in [4.69, 9.17) is 22.7 Å². The van der Waals surface area contributed by atoms with E-state index in [1.165, 1.54) is 0 Å². The number of nitrogens with zero attached hydrogens (tertiary/aromatic N) is 1. The van der Waals surface area contributed by atoms with Crippen molar-refractivity contribution >= 4 is 28.1 Å². The standard InChI is InChI=1S/C13H14N2OS/c1-2-12(13(14)17)16-10-6-5-9-4-3-7-15-11(9)8-10/h3-8,12H,2H2,1H3,(H2,14,17). The molecule has 1 aromatic heterocycles. The Balaban J connectivity index is 2.27.